The highest BCUT2D eigenvalue weighted by atomic mass is 32.2. The maximum Gasteiger partial charge on any atom is 0.417 e. The summed E-state index contributed by atoms with van der Waals surface area (Å²) in [5.41, 5.74) is -0.373. The molecule has 9 nitrogen and oxygen atoms in total. The molecule has 0 radical (unpaired) electrons. The van der Waals surface area contributed by atoms with Crippen molar-refractivity contribution in [1.29, 1.82) is 0 Å². The van der Waals surface area contributed by atoms with Crippen molar-refractivity contribution in [3.63, 3.8) is 0 Å². The number of aromatic nitrogens is 6. The van der Waals surface area contributed by atoms with Crippen LogP contribution >= 0.6 is 0 Å². The first kappa shape index (κ1) is 21.6. The van der Waals surface area contributed by atoms with Gasteiger partial charge in [0.05, 0.1) is 11.3 Å². The van der Waals surface area contributed by atoms with Crippen molar-refractivity contribution in [1.82, 2.24) is 29.1 Å². The maximum atomic E-state index is 13.2. The van der Waals surface area contributed by atoms with E-state index in [9.17, 15) is 21.6 Å². The number of fused-ring (bicyclic) bond motifs is 2. The Morgan fingerprint density at radius 1 is 1.21 bits per heavy atom. The summed E-state index contributed by atoms with van der Waals surface area (Å²) < 4.78 is 68.4. The number of sulfone groups is 1. The Kier molecular flexibility index (Phi) is 4.68. The first-order valence-electron chi connectivity index (χ1n) is 10.3. The van der Waals surface area contributed by atoms with Crippen molar-refractivity contribution < 1.29 is 21.6 Å². The smallest absolute Gasteiger partial charge is 0.357 e. The van der Waals surface area contributed by atoms with Gasteiger partial charge in [0.2, 0.25) is 0 Å². The standard InChI is InChI=1S/C20H20F3N7O2S/c1-4-33(31,32)19-15(17-24-8-7-14(30(17)27-19)28(2)12-5-6-12)18-26-13-9-11(20(21,22)23)10-25-16(13)29(18)3/h7-10,12H,4-6H2,1-3H3. The summed E-state index contributed by atoms with van der Waals surface area (Å²) in [7, 11) is -0.347. The highest BCUT2D eigenvalue weighted by Crippen LogP contribution is 2.37. The second-order valence-corrected chi connectivity index (χ2v) is 10.2. The number of anilines is 1. The average Bonchev–Trinajstić information content (AvgIpc) is 3.47. The number of hydrogen-bond donors (Lipinski definition) is 0. The summed E-state index contributed by atoms with van der Waals surface area (Å²) >= 11 is 0. The van der Waals surface area contributed by atoms with Crippen LogP contribution < -0.4 is 4.90 Å². The predicted molar refractivity (Wildman–Crippen MR) is 115 cm³/mol. The van der Waals surface area contributed by atoms with Crippen molar-refractivity contribution in [2.75, 3.05) is 17.7 Å². The summed E-state index contributed by atoms with van der Waals surface area (Å²) in [6, 6.07) is 2.97. The van der Waals surface area contributed by atoms with Crippen LogP contribution in [0.15, 0.2) is 29.6 Å². The Labute approximate surface area is 186 Å². The van der Waals surface area contributed by atoms with E-state index in [4.69, 9.17) is 0 Å². The molecule has 5 rings (SSSR count). The molecule has 1 aliphatic rings. The monoisotopic (exact) mass is 479 g/mol. The highest BCUT2D eigenvalue weighted by Gasteiger charge is 2.34. The minimum absolute atomic E-state index is 0.00669. The quantitative estimate of drug-likeness (QED) is 0.434. The first-order valence-corrected chi connectivity index (χ1v) is 11.9. The second-order valence-electron chi connectivity index (χ2n) is 8.02. The zero-order chi connectivity index (χ0) is 23.7. The van der Waals surface area contributed by atoms with Gasteiger partial charge >= 0.3 is 6.18 Å². The van der Waals surface area contributed by atoms with Gasteiger partial charge in [0.25, 0.3) is 0 Å². The number of imidazole rings is 1. The summed E-state index contributed by atoms with van der Waals surface area (Å²) in [6.45, 7) is 1.50. The molecule has 0 atom stereocenters. The Hall–Kier alpha value is -3.22. The molecule has 13 heteroatoms. The zero-order valence-electron chi connectivity index (χ0n) is 18.0. The third kappa shape index (κ3) is 3.41. The Morgan fingerprint density at radius 3 is 2.58 bits per heavy atom. The van der Waals surface area contributed by atoms with E-state index in [1.165, 1.54) is 16.0 Å². The van der Waals surface area contributed by atoms with Crippen LogP contribution in [0.4, 0.5) is 19.0 Å². The van der Waals surface area contributed by atoms with Crippen molar-refractivity contribution >= 4 is 32.5 Å². The van der Waals surface area contributed by atoms with E-state index in [0.29, 0.717) is 11.9 Å². The molecule has 174 valence electrons. The number of pyridine rings is 1. The van der Waals surface area contributed by atoms with Gasteiger partial charge in [-0.1, -0.05) is 6.92 Å². The molecule has 33 heavy (non-hydrogen) atoms. The number of halogens is 3. The molecular weight excluding hydrogens is 459 g/mol. The molecule has 4 heterocycles. The molecular formula is C20H20F3N7O2S. The summed E-state index contributed by atoms with van der Waals surface area (Å²) in [5.74, 6) is 0.577. The van der Waals surface area contributed by atoms with E-state index >= 15 is 0 Å². The molecule has 0 unspecified atom stereocenters. The van der Waals surface area contributed by atoms with Gasteiger partial charge in [0, 0.05) is 32.5 Å². The minimum Gasteiger partial charge on any atom is -0.357 e. The molecule has 0 aromatic carbocycles. The van der Waals surface area contributed by atoms with E-state index in [1.807, 2.05) is 11.9 Å². The Balaban J connectivity index is 1.82. The van der Waals surface area contributed by atoms with E-state index in [0.717, 1.165) is 25.1 Å². The number of alkyl halides is 3. The summed E-state index contributed by atoms with van der Waals surface area (Å²) in [4.78, 5) is 14.6. The van der Waals surface area contributed by atoms with Gasteiger partial charge in [-0.2, -0.15) is 22.8 Å². The molecule has 0 spiro atoms. The van der Waals surface area contributed by atoms with Gasteiger partial charge in [-0.25, -0.2) is 23.4 Å². The van der Waals surface area contributed by atoms with Gasteiger partial charge in [-0.15, -0.1) is 0 Å². The number of nitrogens with zero attached hydrogens (tertiary/aromatic N) is 7. The molecule has 4 aromatic heterocycles. The van der Waals surface area contributed by atoms with Crippen LogP contribution in [0.2, 0.25) is 0 Å². The van der Waals surface area contributed by atoms with Gasteiger partial charge in [0.15, 0.2) is 26.2 Å². The lowest BCUT2D eigenvalue weighted by molar-refractivity contribution is -0.137. The van der Waals surface area contributed by atoms with Crippen LogP contribution in [0.5, 0.6) is 0 Å². The maximum absolute atomic E-state index is 13.2. The van der Waals surface area contributed by atoms with Crippen LogP contribution in [-0.4, -0.2) is 56.4 Å². The van der Waals surface area contributed by atoms with E-state index < -0.39 is 21.6 Å². The van der Waals surface area contributed by atoms with Gasteiger partial charge in [0.1, 0.15) is 22.7 Å². The third-order valence-corrected chi connectivity index (χ3v) is 7.49. The van der Waals surface area contributed by atoms with Gasteiger partial charge in [-0.05, 0) is 25.0 Å². The van der Waals surface area contributed by atoms with Crippen LogP contribution in [0.25, 0.3) is 28.2 Å². The molecule has 4 aromatic rings. The second kappa shape index (κ2) is 7.14. The SMILES string of the molecule is CCS(=O)(=O)c1nn2c(N(C)C3CC3)ccnc2c1-c1nc2cc(C(F)(F)F)cnc2n1C. The molecule has 1 aliphatic carbocycles. The van der Waals surface area contributed by atoms with Crippen molar-refractivity contribution in [2.24, 2.45) is 7.05 Å². The fourth-order valence-electron chi connectivity index (χ4n) is 3.83. The molecule has 0 N–H and O–H groups in total. The van der Waals surface area contributed by atoms with Crippen LogP contribution in [0, 0.1) is 0 Å². The van der Waals surface area contributed by atoms with Crippen LogP contribution in [-0.2, 0) is 23.1 Å². The van der Waals surface area contributed by atoms with Crippen molar-refractivity contribution in [3.8, 4) is 11.4 Å². The Bertz CT molecular complexity index is 1500. The lowest BCUT2D eigenvalue weighted by Crippen LogP contribution is -2.22. The lowest BCUT2D eigenvalue weighted by Gasteiger charge is -2.18. The van der Waals surface area contributed by atoms with Crippen LogP contribution in [0.3, 0.4) is 0 Å². The molecule has 0 aliphatic heterocycles. The first-order chi connectivity index (χ1) is 15.5. The molecule has 0 bridgehead atoms. The number of hydrogen-bond acceptors (Lipinski definition) is 7. The van der Waals surface area contributed by atoms with E-state index in [-0.39, 0.29) is 39.0 Å². The predicted octanol–water partition coefficient (Wildman–Crippen LogP) is 3.09. The largest absolute Gasteiger partial charge is 0.417 e. The van der Waals surface area contributed by atoms with E-state index in [1.54, 1.807) is 19.3 Å². The summed E-state index contributed by atoms with van der Waals surface area (Å²) in [5, 5.41) is 4.18. The topological polar surface area (TPSA) is 98.3 Å². The summed E-state index contributed by atoms with van der Waals surface area (Å²) in [6.07, 6.45) is -0.253. The minimum atomic E-state index is -4.58. The molecule has 0 saturated heterocycles. The Morgan fingerprint density at radius 2 is 1.94 bits per heavy atom. The fourth-order valence-corrected chi connectivity index (χ4v) is 4.81. The van der Waals surface area contributed by atoms with Crippen molar-refractivity contribution in [3.05, 3.63) is 30.1 Å². The third-order valence-electron chi connectivity index (χ3n) is 5.86. The molecule has 1 saturated carbocycles. The molecule has 1 fully saturated rings. The number of rotatable bonds is 5. The average molecular weight is 479 g/mol. The van der Waals surface area contributed by atoms with Gasteiger partial charge < -0.3 is 9.47 Å². The fraction of sp³-hybridized carbons (Fsp3) is 0.400. The zero-order valence-corrected chi connectivity index (χ0v) is 18.8. The normalized spacial score (nSPS) is 15.0. The van der Waals surface area contributed by atoms with E-state index in [2.05, 4.69) is 20.1 Å². The number of aryl methyl sites for hydroxylation is 1. The van der Waals surface area contributed by atoms with Crippen molar-refractivity contribution in [2.45, 2.75) is 37.0 Å². The highest BCUT2D eigenvalue weighted by molar-refractivity contribution is 7.91. The molecule has 0 amide bonds. The van der Waals surface area contributed by atoms with Gasteiger partial charge in [-0.3, -0.25) is 0 Å². The lowest BCUT2D eigenvalue weighted by atomic mass is 10.2. The van der Waals surface area contributed by atoms with Crippen LogP contribution in [0.1, 0.15) is 25.3 Å².